The van der Waals surface area contributed by atoms with Gasteiger partial charge in [-0.1, -0.05) is 78.9 Å². The second-order valence-corrected chi connectivity index (χ2v) is 7.41. The molecule has 0 saturated carbocycles. The highest BCUT2D eigenvalue weighted by Crippen LogP contribution is 2.50. The number of anilines is 1. The summed E-state index contributed by atoms with van der Waals surface area (Å²) in [6.07, 6.45) is 0. The molecule has 0 saturated heterocycles. The second-order valence-electron chi connectivity index (χ2n) is 7.41. The van der Waals surface area contributed by atoms with Crippen LogP contribution in [0.25, 0.3) is 11.1 Å². The molecule has 5 rings (SSSR count). The Morgan fingerprint density at radius 3 is 1.79 bits per heavy atom. The smallest absolute Gasteiger partial charge is 0.119 e. The average Bonchev–Trinajstić information content (AvgIpc) is 3.13. The third-order valence-corrected chi connectivity index (χ3v) is 5.79. The predicted octanol–water partition coefficient (Wildman–Crippen LogP) is 6.66. The Labute approximate surface area is 171 Å². The van der Waals surface area contributed by atoms with Gasteiger partial charge in [0.05, 0.1) is 13.2 Å². The lowest BCUT2D eigenvalue weighted by molar-refractivity contribution is 0.415. The van der Waals surface area contributed by atoms with Gasteiger partial charge in [-0.15, -0.1) is 0 Å². The van der Waals surface area contributed by atoms with Crippen LogP contribution in [0.3, 0.4) is 0 Å². The van der Waals surface area contributed by atoms with Gasteiger partial charge in [0.2, 0.25) is 0 Å². The van der Waals surface area contributed by atoms with E-state index in [1.54, 1.807) is 7.11 Å². The second kappa shape index (κ2) is 7.48. The largest absolute Gasteiger partial charge is 0.497 e. The zero-order valence-corrected chi connectivity index (χ0v) is 16.4. The van der Waals surface area contributed by atoms with Crippen LogP contribution in [0, 0.1) is 0 Å². The van der Waals surface area contributed by atoms with Crippen LogP contribution in [0.4, 0.5) is 5.69 Å². The molecule has 1 N–H and O–H groups in total. The molecule has 0 heterocycles. The summed E-state index contributed by atoms with van der Waals surface area (Å²) in [6.45, 7) is 0. The number of fused-ring (bicyclic) bond motifs is 3. The summed E-state index contributed by atoms with van der Waals surface area (Å²) < 4.78 is 5.32. The topological polar surface area (TPSA) is 21.3 Å². The molecule has 0 amide bonds. The molecule has 1 unspecified atom stereocenters. The lowest BCUT2D eigenvalue weighted by Crippen LogP contribution is -2.19. The maximum atomic E-state index is 5.32. The van der Waals surface area contributed by atoms with Crippen molar-refractivity contribution in [2.75, 3.05) is 12.4 Å². The van der Waals surface area contributed by atoms with Gasteiger partial charge in [0, 0.05) is 11.6 Å². The molecule has 2 nitrogen and oxygen atoms in total. The minimum atomic E-state index is 0.120. The zero-order chi connectivity index (χ0) is 19.6. The fraction of sp³-hybridized carbons (Fsp3) is 0.111. The van der Waals surface area contributed by atoms with Crippen LogP contribution < -0.4 is 10.1 Å². The number of hydrogen-bond acceptors (Lipinski definition) is 2. The van der Waals surface area contributed by atoms with Crippen molar-refractivity contribution in [1.29, 1.82) is 0 Å². The van der Waals surface area contributed by atoms with Crippen LogP contribution in [-0.4, -0.2) is 7.11 Å². The summed E-state index contributed by atoms with van der Waals surface area (Å²) in [4.78, 5) is 0. The molecule has 142 valence electrons. The van der Waals surface area contributed by atoms with Crippen molar-refractivity contribution in [2.24, 2.45) is 0 Å². The van der Waals surface area contributed by atoms with Crippen molar-refractivity contribution in [3.63, 3.8) is 0 Å². The van der Waals surface area contributed by atoms with E-state index in [0.29, 0.717) is 0 Å². The number of nitrogens with one attached hydrogen (secondary N) is 1. The number of methoxy groups -OCH3 is 1. The average molecular weight is 377 g/mol. The summed E-state index contributed by atoms with van der Waals surface area (Å²) in [5, 5.41) is 3.81. The standard InChI is InChI=1S/C27H23NO/c1-29-21-17-15-20(16-18-21)28-27(19-9-3-2-4-10-19)26-24-13-7-5-11-22(24)23-12-6-8-14-25(23)26/h2-18,26-28H,1H3. The van der Waals surface area contributed by atoms with Crippen LogP contribution in [0.15, 0.2) is 103 Å². The van der Waals surface area contributed by atoms with Gasteiger partial charge in [0.25, 0.3) is 0 Å². The Morgan fingerprint density at radius 2 is 1.21 bits per heavy atom. The molecule has 29 heavy (non-hydrogen) atoms. The maximum absolute atomic E-state index is 5.32. The molecule has 0 aromatic heterocycles. The quantitative estimate of drug-likeness (QED) is 0.420. The molecule has 0 spiro atoms. The van der Waals surface area contributed by atoms with Crippen LogP contribution >= 0.6 is 0 Å². The Hall–Kier alpha value is -3.52. The highest BCUT2D eigenvalue weighted by atomic mass is 16.5. The van der Waals surface area contributed by atoms with E-state index in [-0.39, 0.29) is 12.0 Å². The summed E-state index contributed by atoms with van der Waals surface area (Å²) in [6, 6.07) is 36.6. The molecule has 0 bridgehead atoms. The van der Waals surface area contributed by atoms with E-state index in [1.807, 2.05) is 12.1 Å². The van der Waals surface area contributed by atoms with Gasteiger partial charge in [-0.3, -0.25) is 0 Å². The molecule has 4 aromatic rings. The summed E-state index contributed by atoms with van der Waals surface area (Å²) in [7, 11) is 1.70. The molecule has 1 aliphatic rings. The Kier molecular flexibility index (Phi) is 4.53. The first kappa shape index (κ1) is 17.6. The van der Waals surface area contributed by atoms with E-state index in [2.05, 4.69) is 96.3 Å². The Bertz CT molecular complexity index is 1070. The van der Waals surface area contributed by atoms with E-state index in [4.69, 9.17) is 4.74 Å². The SMILES string of the molecule is COc1ccc(NC(c2ccccc2)C2c3ccccc3-c3ccccc32)cc1. The third kappa shape index (κ3) is 3.17. The monoisotopic (exact) mass is 377 g/mol. The van der Waals surface area contributed by atoms with E-state index in [1.165, 1.54) is 27.8 Å². The van der Waals surface area contributed by atoms with Crippen molar-refractivity contribution < 1.29 is 4.74 Å². The van der Waals surface area contributed by atoms with Gasteiger partial charge < -0.3 is 10.1 Å². The zero-order valence-electron chi connectivity index (χ0n) is 16.4. The first-order chi connectivity index (χ1) is 14.3. The van der Waals surface area contributed by atoms with Crippen LogP contribution in [0.2, 0.25) is 0 Å². The van der Waals surface area contributed by atoms with Gasteiger partial charge in [0.15, 0.2) is 0 Å². The van der Waals surface area contributed by atoms with Crippen molar-refractivity contribution in [3.8, 4) is 16.9 Å². The number of rotatable bonds is 5. The van der Waals surface area contributed by atoms with Crippen LogP contribution in [0.5, 0.6) is 5.75 Å². The van der Waals surface area contributed by atoms with Crippen molar-refractivity contribution in [2.45, 2.75) is 12.0 Å². The van der Waals surface area contributed by atoms with E-state index in [0.717, 1.165) is 11.4 Å². The molecule has 0 radical (unpaired) electrons. The van der Waals surface area contributed by atoms with Crippen molar-refractivity contribution in [1.82, 2.24) is 0 Å². The molecule has 4 aromatic carbocycles. The first-order valence-electron chi connectivity index (χ1n) is 9.99. The third-order valence-electron chi connectivity index (χ3n) is 5.79. The molecular formula is C27H23NO. The fourth-order valence-corrected chi connectivity index (χ4v) is 4.44. The minimum absolute atomic E-state index is 0.120. The van der Waals surface area contributed by atoms with Gasteiger partial charge >= 0.3 is 0 Å². The fourth-order valence-electron chi connectivity index (χ4n) is 4.44. The lowest BCUT2D eigenvalue weighted by Gasteiger charge is -2.28. The Balaban J connectivity index is 1.63. The van der Waals surface area contributed by atoms with Crippen molar-refractivity contribution >= 4 is 5.69 Å². The molecule has 0 fully saturated rings. The van der Waals surface area contributed by atoms with E-state index >= 15 is 0 Å². The Morgan fingerprint density at radius 1 is 0.655 bits per heavy atom. The predicted molar refractivity (Wildman–Crippen MR) is 120 cm³/mol. The lowest BCUT2D eigenvalue weighted by atomic mass is 9.85. The molecule has 1 atom stereocenters. The molecular weight excluding hydrogens is 354 g/mol. The minimum Gasteiger partial charge on any atom is -0.497 e. The summed E-state index contributed by atoms with van der Waals surface area (Å²) in [5.74, 6) is 1.11. The molecule has 2 heteroatoms. The highest BCUT2D eigenvalue weighted by molar-refractivity contribution is 5.79. The maximum Gasteiger partial charge on any atom is 0.119 e. The van der Waals surface area contributed by atoms with E-state index in [9.17, 15) is 0 Å². The highest BCUT2D eigenvalue weighted by Gasteiger charge is 2.34. The summed E-state index contributed by atoms with van der Waals surface area (Å²) >= 11 is 0. The summed E-state index contributed by atoms with van der Waals surface area (Å²) in [5.41, 5.74) is 7.80. The van der Waals surface area contributed by atoms with Gasteiger partial charge in [0.1, 0.15) is 5.75 Å². The van der Waals surface area contributed by atoms with Crippen LogP contribution in [0.1, 0.15) is 28.7 Å². The van der Waals surface area contributed by atoms with Gasteiger partial charge in [-0.05, 0) is 52.1 Å². The normalized spacial score (nSPS) is 13.4. The van der Waals surface area contributed by atoms with Crippen molar-refractivity contribution in [3.05, 3.63) is 120 Å². The molecule has 0 aliphatic heterocycles. The number of benzene rings is 4. The first-order valence-corrected chi connectivity index (χ1v) is 9.99. The molecule has 1 aliphatic carbocycles. The number of hydrogen-bond donors (Lipinski definition) is 1. The van der Waals surface area contributed by atoms with E-state index < -0.39 is 0 Å². The van der Waals surface area contributed by atoms with Crippen LogP contribution in [-0.2, 0) is 0 Å². The van der Waals surface area contributed by atoms with Gasteiger partial charge in [-0.2, -0.15) is 0 Å². The number of ether oxygens (including phenoxy) is 1. The van der Waals surface area contributed by atoms with Gasteiger partial charge in [-0.25, -0.2) is 0 Å².